The lowest BCUT2D eigenvalue weighted by atomic mass is 10.0. The molecule has 7 nitrogen and oxygen atoms in total. The van der Waals surface area contributed by atoms with Crippen molar-refractivity contribution in [1.29, 1.82) is 0 Å². The second-order valence-electron chi connectivity index (χ2n) is 9.05. The average molecular weight is 563 g/mol. The molecule has 4 rings (SSSR count). The van der Waals surface area contributed by atoms with E-state index >= 15 is 0 Å². The third-order valence-corrected chi connectivity index (χ3v) is 7.72. The van der Waals surface area contributed by atoms with Crippen LogP contribution in [-0.2, 0) is 14.8 Å². The van der Waals surface area contributed by atoms with Gasteiger partial charge in [-0.2, -0.15) is 0 Å². The fourth-order valence-corrected chi connectivity index (χ4v) is 5.16. The number of rotatable bonds is 9. The van der Waals surface area contributed by atoms with Crippen molar-refractivity contribution in [2.45, 2.75) is 25.7 Å². The average Bonchev–Trinajstić information content (AvgIpc) is 2.91. The predicted molar refractivity (Wildman–Crippen MR) is 153 cm³/mol. The number of carbonyl (C=O) groups is 2. The Morgan fingerprint density at radius 3 is 2.26 bits per heavy atom. The summed E-state index contributed by atoms with van der Waals surface area (Å²) < 4.78 is 34.0. The van der Waals surface area contributed by atoms with Gasteiger partial charge in [0, 0.05) is 21.8 Å². The molecule has 4 aromatic carbocycles. The third kappa shape index (κ3) is 6.85. The van der Waals surface area contributed by atoms with Crippen LogP contribution < -0.4 is 14.8 Å². The van der Waals surface area contributed by atoms with Gasteiger partial charge >= 0.3 is 0 Å². The Labute approximate surface area is 232 Å². The molecule has 0 aliphatic rings. The van der Waals surface area contributed by atoms with Gasteiger partial charge in [-0.05, 0) is 86.0 Å². The normalized spacial score (nSPS) is 11.1. The Morgan fingerprint density at radius 1 is 0.821 bits per heavy atom. The molecule has 0 fully saturated rings. The number of anilines is 2. The molecule has 0 bridgehead atoms. The molecule has 0 saturated heterocycles. The number of hydrogen-bond acceptors (Lipinski definition) is 5. The summed E-state index contributed by atoms with van der Waals surface area (Å²) in [5, 5.41) is 3.06. The van der Waals surface area contributed by atoms with E-state index < -0.39 is 15.9 Å². The molecule has 4 aromatic rings. The zero-order chi connectivity index (χ0) is 28.2. The molecule has 39 heavy (non-hydrogen) atoms. The number of ether oxygens (including phenoxy) is 1. The Balaban J connectivity index is 1.43. The van der Waals surface area contributed by atoms with Crippen molar-refractivity contribution in [2.24, 2.45) is 0 Å². The summed E-state index contributed by atoms with van der Waals surface area (Å²) >= 11 is 6.11. The van der Waals surface area contributed by atoms with Crippen molar-refractivity contribution < 1.29 is 22.7 Å². The van der Waals surface area contributed by atoms with Crippen LogP contribution in [-0.4, -0.2) is 26.7 Å². The first-order valence-corrected chi connectivity index (χ1v) is 13.9. The van der Waals surface area contributed by atoms with E-state index in [1.54, 1.807) is 61.5 Å². The summed E-state index contributed by atoms with van der Waals surface area (Å²) in [6.45, 7) is 5.20. The van der Waals surface area contributed by atoms with Crippen molar-refractivity contribution in [2.75, 3.05) is 16.6 Å². The highest BCUT2D eigenvalue weighted by Crippen LogP contribution is 2.26. The van der Waals surface area contributed by atoms with Crippen molar-refractivity contribution in [3.8, 4) is 5.75 Å². The first-order chi connectivity index (χ1) is 18.5. The van der Waals surface area contributed by atoms with Gasteiger partial charge in [-0.25, -0.2) is 8.42 Å². The standard InChI is InChI=1S/C30H27ClN2O5S/c1-19-9-11-24(15-20(19)2)33-39(36,37)25-12-14-28(21(3)16-25)38-18-29(34)32-27-13-10-23(31)17-26(27)30(35)22-7-5-4-6-8-22/h4-17,33H,18H2,1-3H3,(H,32,34). The van der Waals surface area contributed by atoms with E-state index in [1.165, 1.54) is 24.3 Å². The second kappa shape index (κ2) is 11.7. The summed E-state index contributed by atoms with van der Waals surface area (Å²) in [4.78, 5) is 25.7. The van der Waals surface area contributed by atoms with Crippen LogP contribution in [0.5, 0.6) is 5.75 Å². The lowest BCUT2D eigenvalue weighted by molar-refractivity contribution is -0.118. The zero-order valence-electron chi connectivity index (χ0n) is 21.6. The van der Waals surface area contributed by atoms with E-state index in [1.807, 2.05) is 19.9 Å². The molecule has 0 atom stereocenters. The van der Waals surface area contributed by atoms with Gasteiger partial charge in [-0.1, -0.05) is 48.0 Å². The topological polar surface area (TPSA) is 102 Å². The SMILES string of the molecule is Cc1ccc(NS(=O)(=O)c2ccc(OCC(=O)Nc3ccc(Cl)cc3C(=O)c3ccccc3)c(C)c2)cc1C. The minimum Gasteiger partial charge on any atom is -0.483 e. The van der Waals surface area contributed by atoms with Gasteiger partial charge in [0.15, 0.2) is 12.4 Å². The van der Waals surface area contributed by atoms with Crippen LogP contribution in [0.25, 0.3) is 0 Å². The second-order valence-corrected chi connectivity index (χ2v) is 11.2. The van der Waals surface area contributed by atoms with Crippen molar-refractivity contribution in [1.82, 2.24) is 0 Å². The van der Waals surface area contributed by atoms with Gasteiger partial charge in [0.1, 0.15) is 5.75 Å². The van der Waals surface area contributed by atoms with Gasteiger partial charge in [0.25, 0.3) is 15.9 Å². The van der Waals surface area contributed by atoms with Crippen LogP contribution >= 0.6 is 11.6 Å². The first-order valence-electron chi connectivity index (χ1n) is 12.1. The number of nitrogens with one attached hydrogen (secondary N) is 2. The van der Waals surface area contributed by atoms with E-state index in [4.69, 9.17) is 16.3 Å². The van der Waals surface area contributed by atoms with Gasteiger partial charge in [-0.15, -0.1) is 0 Å². The number of aryl methyl sites for hydroxylation is 3. The van der Waals surface area contributed by atoms with Gasteiger partial charge < -0.3 is 10.1 Å². The Morgan fingerprint density at radius 2 is 1.56 bits per heavy atom. The largest absolute Gasteiger partial charge is 0.483 e. The minimum absolute atomic E-state index is 0.0697. The fourth-order valence-electron chi connectivity index (χ4n) is 3.86. The van der Waals surface area contributed by atoms with E-state index in [9.17, 15) is 18.0 Å². The van der Waals surface area contributed by atoms with Gasteiger partial charge in [0.05, 0.1) is 10.6 Å². The van der Waals surface area contributed by atoms with Crippen molar-refractivity contribution >= 4 is 44.7 Å². The molecule has 1 amide bonds. The molecule has 0 spiro atoms. The summed E-state index contributed by atoms with van der Waals surface area (Å²) in [5.41, 5.74) is 4.07. The molecule has 2 N–H and O–H groups in total. The molecule has 0 radical (unpaired) electrons. The van der Waals surface area contributed by atoms with Gasteiger partial charge in [0.2, 0.25) is 0 Å². The molecule has 9 heteroatoms. The van der Waals surface area contributed by atoms with Crippen LogP contribution in [0.15, 0.2) is 89.8 Å². The minimum atomic E-state index is -3.82. The summed E-state index contributed by atoms with van der Waals surface area (Å²) in [5.74, 6) is -0.421. The van der Waals surface area contributed by atoms with Crippen molar-refractivity contribution in [3.05, 3.63) is 118 Å². The molecule has 200 valence electrons. The molecule has 0 aromatic heterocycles. The Kier molecular flexibility index (Phi) is 8.38. The number of sulfonamides is 1. The summed E-state index contributed by atoms with van der Waals surface area (Å²) in [6, 6.07) is 23.1. The van der Waals surface area contributed by atoms with Crippen LogP contribution in [0.2, 0.25) is 5.02 Å². The number of halogens is 1. The summed E-state index contributed by atoms with van der Waals surface area (Å²) in [7, 11) is -3.82. The van der Waals surface area contributed by atoms with E-state index in [0.717, 1.165) is 11.1 Å². The maximum Gasteiger partial charge on any atom is 0.262 e. The number of carbonyl (C=O) groups excluding carboxylic acids is 2. The Bertz CT molecular complexity index is 1650. The zero-order valence-corrected chi connectivity index (χ0v) is 23.2. The maximum absolute atomic E-state index is 13.0. The number of hydrogen-bond donors (Lipinski definition) is 2. The van der Waals surface area contributed by atoms with Crippen molar-refractivity contribution in [3.63, 3.8) is 0 Å². The lowest BCUT2D eigenvalue weighted by Crippen LogP contribution is -2.22. The molecule has 0 aliphatic heterocycles. The Hall–Kier alpha value is -4.14. The molecule has 0 unspecified atom stereocenters. The smallest absolute Gasteiger partial charge is 0.262 e. The highest BCUT2D eigenvalue weighted by atomic mass is 35.5. The lowest BCUT2D eigenvalue weighted by Gasteiger charge is -2.14. The maximum atomic E-state index is 13.0. The third-order valence-electron chi connectivity index (χ3n) is 6.11. The van der Waals surface area contributed by atoms with E-state index in [-0.39, 0.29) is 22.8 Å². The number of benzene rings is 4. The van der Waals surface area contributed by atoms with Crippen LogP contribution in [0.4, 0.5) is 11.4 Å². The highest BCUT2D eigenvalue weighted by molar-refractivity contribution is 7.92. The number of ketones is 1. The molecular formula is C30H27ClN2O5S. The molecule has 0 saturated carbocycles. The van der Waals surface area contributed by atoms with Crippen LogP contribution in [0.1, 0.15) is 32.6 Å². The van der Waals surface area contributed by atoms with Gasteiger partial charge in [-0.3, -0.25) is 14.3 Å². The van der Waals surface area contributed by atoms with Crippen LogP contribution in [0.3, 0.4) is 0 Å². The quantitative estimate of drug-likeness (QED) is 0.233. The molecule has 0 aliphatic carbocycles. The molecule has 0 heterocycles. The molecular weight excluding hydrogens is 536 g/mol. The first kappa shape index (κ1) is 27.9. The van der Waals surface area contributed by atoms with E-state index in [0.29, 0.717) is 33.3 Å². The summed E-state index contributed by atoms with van der Waals surface area (Å²) in [6.07, 6.45) is 0. The highest BCUT2D eigenvalue weighted by Gasteiger charge is 2.18. The fraction of sp³-hybridized carbons (Fsp3) is 0.133. The predicted octanol–water partition coefficient (Wildman–Crippen LogP) is 6.31. The monoisotopic (exact) mass is 562 g/mol. The van der Waals surface area contributed by atoms with E-state index in [2.05, 4.69) is 10.0 Å². The number of amides is 1. The van der Waals surface area contributed by atoms with Crippen LogP contribution in [0, 0.1) is 20.8 Å².